The van der Waals surface area contributed by atoms with Gasteiger partial charge in [0, 0.05) is 18.8 Å². The predicted octanol–water partition coefficient (Wildman–Crippen LogP) is 3.27. The van der Waals surface area contributed by atoms with Gasteiger partial charge in [-0.25, -0.2) is 4.79 Å². The Bertz CT molecular complexity index is 1400. The van der Waals surface area contributed by atoms with Gasteiger partial charge in [-0.15, -0.1) is 0 Å². The average molecular weight is 594 g/mol. The molecule has 2 heterocycles. The molecular weight excluding hydrogens is 558 g/mol. The van der Waals surface area contributed by atoms with Crippen molar-refractivity contribution in [2.75, 3.05) is 45.4 Å². The van der Waals surface area contributed by atoms with Crippen LogP contribution in [0.5, 0.6) is 11.5 Å². The van der Waals surface area contributed by atoms with Crippen LogP contribution in [0, 0.1) is 0 Å². The van der Waals surface area contributed by atoms with Crippen molar-refractivity contribution in [3.05, 3.63) is 77.7 Å². The number of carbonyl (C=O) groups excluding carboxylic acids is 4. The molecule has 3 aromatic rings. The maximum absolute atomic E-state index is 13.9. The zero-order valence-electron chi connectivity index (χ0n) is 24.3. The van der Waals surface area contributed by atoms with Gasteiger partial charge in [0.2, 0.25) is 11.8 Å². The summed E-state index contributed by atoms with van der Waals surface area (Å²) in [5, 5.41) is 5.47. The van der Waals surface area contributed by atoms with Crippen molar-refractivity contribution in [3.8, 4) is 11.5 Å². The number of nitrogens with zero attached hydrogens (tertiary/aromatic N) is 1. The maximum atomic E-state index is 13.9. The van der Waals surface area contributed by atoms with Crippen LogP contribution in [0.25, 0.3) is 0 Å². The highest BCUT2D eigenvalue weighted by atomic mass is 16.5. The first kappa shape index (κ1) is 31.1. The van der Waals surface area contributed by atoms with Crippen LogP contribution in [0.2, 0.25) is 0 Å². The molecule has 2 N–H and O–H groups in total. The Morgan fingerprint density at radius 1 is 1.00 bits per heavy atom. The molecule has 2 aromatic carbocycles. The van der Waals surface area contributed by atoms with Crippen molar-refractivity contribution in [2.45, 2.75) is 31.9 Å². The molecule has 1 saturated heterocycles. The number of carbonyl (C=O) groups is 4. The van der Waals surface area contributed by atoms with E-state index in [0.717, 1.165) is 12.8 Å². The Morgan fingerprint density at radius 3 is 2.40 bits per heavy atom. The molecule has 0 aliphatic carbocycles. The molecule has 0 bridgehead atoms. The minimum Gasteiger partial charge on any atom is -0.493 e. The van der Waals surface area contributed by atoms with Crippen LogP contribution in [-0.4, -0.2) is 70.3 Å². The number of hydrogen-bond donors (Lipinski definition) is 2. The van der Waals surface area contributed by atoms with Crippen LogP contribution < -0.4 is 25.0 Å². The fourth-order valence-corrected chi connectivity index (χ4v) is 4.70. The summed E-state index contributed by atoms with van der Waals surface area (Å²) in [5.74, 6) is -1.38. The van der Waals surface area contributed by atoms with Crippen molar-refractivity contribution in [1.29, 1.82) is 0 Å². The summed E-state index contributed by atoms with van der Waals surface area (Å²) in [4.78, 5) is 54.0. The SMILES string of the molecule is CCOC(=O)c1ccc(N(C(=O)CNC(=O)c2ccco2)[C@H](C(=O)NC[C@@H]2CCCO2)c2ccc(OC)c(OC)c2)cc1. The van der Waals surface area contributed by atoms with Crippen LogP contribution in [0.4, 0.5) is 5.69 Å². The number of rotatable bonds is 13. The first-order valence-electron chi connectivity index (χ1n) is 13.9. The molecular formula is C31H35N3O9. The summed E-state index contributed by atoms with van der Waals surface area (Å²) in [6.45, 7) is 2.32. The highest BCUT2D eigenvalue weighted by Gasteiger charge is 2.34. The molecule has 1 aliphatic heterocycles. The molecule has 43 heavy (non-hydrogen) atoms. The number of esters is 1. The van der Waals surface area contributed by atoms with Gasteiger partial charge in [-0.05, 0) is 73.9 Å². The molecule has 0 unspecified atom stereocenters. The van der Waals surface area contributed by atoms with Gasteiger partial charge in [0.05, 0.1) is 45.3 Å². The third-order valence-electron chi connectivity index (χ3n) is 6.83. The number of amides is 3. The molecule has 1 aliphatic rings. The van der Waals surface area contributed by atoms with Gasteiger partial charge >= 0.3 is 5.97 Å². The van der Waals surface area contributed by atoms with Crippen LogP contribution in [-0.2, 0) is 19.1 Å². The van der Waals surface area contributed by atoms with E-state index >= 15 is 0 Å². The molecule has 0 saturated carbocycles. The van der Waals surface area contributed by atoms with Crippen LogP contribution >= 0.6 is 0 Å². The molecule has 4 rings (SSSR count). The summed E-state index contributed by atoms with van der Waals surface area (Å²) < 4.78 is 26.7. The second-order valence-corrected chi connectivity index (χ2v) is 9.59. The Morgan fingerprint density at radius 2 is 1.77 bits per heavy atom. The van der Waals surface area contributed by atoms with E-state index in [1.54, 1.807) is 43.3 Å². The lowest BCUT2D eigenvalue weighted by Gasteiger charge is -2.32. The Labute approximate surface area is 249 Å². The molecule has 12 nitrogen and oxygen atoms in total. The molecule has 3 amide bonds. The molecule has 12 heteroatoms. The average Bonchev–Trinajstić information content (AvgIpc) is 3.76. The lowest BCUT2D eigenvalue weighted by Crippen LogP contribution is -2.48. The second kappa shape index (κ2) is 14.9. The van der Waals surface area contributed by atoms with Crippen LogP contribution in [0.15, 0.2) is 65.3 Å². The fourth-order valence-electron chi connectivity index (χ4n) is 4.70. The summed E-state index contributed by atoms with van der Waals surface area (Å²) in [5.41, 5.74) is 0.995. The van der Waals surface area contributed by atoms with E-state index < -0.39 is 36.3 Å². The maximum Gasteiger partial charge on any atom is 0.338 e. The number of ether oxygens (including phenoxy) is 4. The van der Waals surface area contributed by atoms with Crippen molar-refractivity contribution in [1.82, 2.24) is 10.6 Å². The monoisotopic (exact) mass is 593 g/mol. The van der Waals surface area contributed by atoms with E-state index in [-0.39, 0.29) is 30.6 Å². The first-order valence-corrected chi connectivity index (χ1v) is 13.9. The molecule has 2 atom stereocenters. The lowest BCUT2D eigenvalue weighted by molar-refractivity contribution is -0.126. The van der Waals surface area contributed by atoms with Gasteiger partial charge in [0.1, 0.15) is 6.04 Å². The Kier molecular flexibility index (Phi) is 10.8. The lowest BCUT2D eigenvalue weighted by atomic mass is 10.0. The van der Waals surface area contributed by atoms with Crippen molar-refractivity contribution in [3.63, 3.8) is 0 Å². The van der Waals surface area contributed by atoms with Crippen LogP contribution in [0.1, 0.15) is 52.3 Å². The highest BCUT2D eigenvalue weighted by Crippen LogP contribution is 2.34. The smallest absolute Gasteiger partial charge is 0.338 e. The quantitative estimate of drug-likeness (QED) is 0.285. The van der Waals surface area contributed by atoms with Gasteiger partial charge < -0.3 is 34.0 Å². The van der Waals surface area contributed by atoms with Crippen molar-refractivity contribution < 1.29 is 42.5 Å². The molecule has 0 radical (unpaired) electrons. The fraction of sp³-hybridized carbons (Fsp3) is 0.355. The van der Waals surface area contributed by atoms with Crippen LogP contribution in [0.3, 0.4) is 0 Å². The summed E-state index contributed by atoms with van der Waals surface area (Å²) in [7, 11) is 2.96. The number of methoxy groups -OCH3 is 2. The first-order chi connectivity index (χ1) is 20.9. The van der Waals surface area contributed by atoms with Crippen molar-refractivity contribution in [2.24, 2.45) is 0 Å². The zero-order chi connectivity index (χ0) is 30.8. The number of hydrogen-bond acceptors (Lipinski definition) is 9. The summed E-state index contributed by atoms with van der Waals surface area (Å²) >= 11 is 0. The minimum absolute atomic E-state index is 0.0314. The van der Waals surface area contributed by atoms with Crippen molar-refractivity contribution >= 4 is 29.4 Å². The highest BCUT2D eigenvalue weighted by molar-refractivity contribution is 6.04. The summed E-state index contributed by atoms with van der Waals surface area (Å²) in [6, 6.07) is 12.8. The number of furan rings is 1. The van der Waals surface area contributed by atoms with Gasteiger partial charge in [-0.3, -0.25) is 19.3 Å². The molecule has 0 spiro atoms. The van der Waals surface area contributed by atoms with E-state index in [1.165, 1.54) is 43.6 Å². The molecule has 228 valence electrons. The Balaban J connectivity index is 1.73. The van der Waals surface area contributed by atoms with E-state index in [1.807, 2.05) is 0 Å². The van der Waals surface area contributed by atoms with E-state index in [9.17, 15) is 19.2 Å². The van der Waals surface area contributed by atoms with Gasteiger partial charge in [-0.2, -0.15) is 0 Å². The summed E-state index contributed by atoms with van der Waals surface area (Å²) in [6.07, 6.45) is 2.90. The van der Waals surface area contributed by atoms with E-state index in [4.69, 9.17) is 23.4 Å². The minimum atomic E-state index is -1.21. The zero-order valence-corrected chi connectivity index (χ0v) is 24.3. The van der Waals surface area contributed by atoms with Gasteiger partial charge in [0.25, 0.3) is 5.91 Å². The van der Waals surface area contributed by atoms with Gasteiger partial charge in [0.15, 0.2) is 17.3 Å². The predicted molar refractivity (Wildman–Crippen MR) is 155 cm³/mol. The topological polar surface area (TPSA) is 146 Å². The molecule has 1 fully saturated rings. The van der Waals surface area contributed by atoms with E-state index in [0.29, 0.717) is 29.4 Å². The largest absolute Gasteiger partial charge is 0.493 e. The molecule has 1 aromatic heterocycles. The Hall–Kier alpha value is -4.84. The van der Waals surface area contributed by atoms with Gasteiger partial charge in [-0.1, -0.05) is 6.07 Å². The third-order valence-corrected chi connectivity index (χ3v) is 6.83. The second-order valence-electron chi connectivity index (χ2n) is 9.59. The number of benzene rings is 2. The normalized spacial score (nSPS) is 14.8. The standard InChI is InChI=1S/C31H35N3O9/c1-4-41-31(38)20-9-12-22(13-10-20)34(27(35)19-33-29(36)25-8-6-16-43-25)28(30(37)32-18-23-7-5-15-42-23)21-11-14-24(39-2)26(17-21)40-3/h6,8-14,16-17,23,28H,4-5,7,15,18-19H2,1-3H3,(H,32,37)(H,33,36)/t23-,28-/m0/s1. The third kappa shape index (κ3) is 7.72. The number of nitrogens with one attached hydrogen (secondary N) is 2. The number of anilines is 1. The van der Waals surface area contributed by atoms with E-state index in [2.05, 4.69) is 10.6 Å².